The lowest BCUT2D eigenvalue weighted by Crippen LogP contribution is -1.94. The van der Waals surface area contributed by atoms with Crippen LogP contribution < -0.4 is 0 Å². The molecule has 4 heteroatoms. The van der Waals surface area contributed by atoms with E-state index < -0.39 is 5.97 Å². The molecule has 198 valence electrons. The Labute approximate surface area is 223 Å². The minimum absolute atomic E-state index is 0.282. The van der Waals surface area contributed by atoms with Crippen LogP contribution in [0.3, 0.4) is 0 Å². The summed E-state index contributed by atoms with van der Waals surface area (Å²) in [5, 5.41) is 8.71. The third-order valence-corrected chi connectivity index (χ3v) is 7.06. The zero-order valence-corrected chi connectivity index (χ0v) is 22.6. The van der Waals surface area contributed by atoms with Gasteiger partial charge in [-0.1, -0.05) is 113 Å². The molecule has 0 aliphatic carbocycles. The van der Waals surface area contributed by atoms with Crippen LogP contribution in [-0.2, 0) is 17.6 Å². The highest BCUT2D eigenvalue weighted by Crippen LogP contribution is 2.24. The third-order valence-electron chi connectivity index (χ3n) is 7.06. The Morgan fingerprint density at radius 1 is 0.595 bits per heavy atom. The smallest absolute Gasteiger partial charge is 0.303 e. The van der Waals surface area contributed by atoms with Crippen molar-refractivity contribution in [2.24, 2.45) is 0 Å². The molecule has 4 nitrogen and oxygen atoms in total. The highest BCUT2D eigenvalue weighted by atomic mass is 16.4. The van der Waals surface area contributed by atoms with E-state index in [0.717, 1.165) is 49.9 Å². The number of benzene rings is 2. The van der Waals surface area contributed by atoms with Crippen molar-refractivity contribution in [3.8, 4) is 22.5 Å². The van der Waals surface area contributed by atoms with Crippen LogP contribution in [0.4, 0.5) is 0 Å². The van der Waals surface area contributed by atoms with Crippen molar-refractivity contribution in [3.63, 3.8) is 0 Å². The molecule has 0 saturated carbocycles. The van der Waals surface area contributed by atoms with Crippen LogP contribution in [0.15, 0.2) is 60.9 Å². The van der Waals surface area contributed by atoms with Gasteiger partial charge >= 0.3 is 5.97 Å². The Bertz CT molecular complexity index is 1030. The van der Waals surface area contributed by atoms with Gasteiger partial charge in [0.1, 0.15) is 0 Å². The number of aromatic nitrogens is 2. The standard InChI is InChI=1S/C33H44N2O2/c1-2-3-4-5-6-7-8-12-15-28-25-34-33(35-26-28)31-23-21-30(22-24-31)29-19-17-27(18-20-29)14-11-9-10-13-16-32(36)37/h17-26H,2-16H2,1H3,(H,36,37). The molecule has 0 saturated heterocycles. The largest absolute Gasteiger partial charge is 0.481 e. The predicted molar refractivity (Wildman–Crippen MR) is 154 cm³/mol. The number of hydrogen-bond acceptors (Lipinski definition) is 3. The summed E-state index contributed by atoms with van der Waals surface area (Å²) in [6.45, 7) is 2.27. The van der Waals surface area contributed by atoms with Gasteiger partial charge in [-0.05, 0) is 54.4 Å². The van der Waals surface area contributed by atoms with Crippen molar-refractivity contribution < 1.29 is 9.90 Å². The molecule has 0 aliphatic heterocycles. The first-order valence-corrected chi connectivity index (χ1v) is 14.4. The summed E-state index contributed by atoms with van der Waals surface area (Å²) in [7, 11) is 0. The molecule has 3 aromatic rings. The third kappa shape index (κ3) is 10.9. The van der Waals surface area contributed by atoms with Gasteiger partial charge in [-0.15, -0.1) is 0 Å². The normalized spacial score (nSPS) is 11.1. The SMILES string of the molecule is CCCCCCCCCCc1cnc(-c2ccc(-c3ccc(CCCCCCC(=O)O)cc3)cc2)nc1. The molecular formula is C33H44N2O2. The van der Waals surface area contributed by atoms with E-state index in [1.54, 1.807) is 0 Å². The minimum Gasteiger partial charge on any atom is -0.481 e. The van der Waals surface area contributed by atoms with E-state index in [0.29, 0.717) is 0 Å². The van der Waals surface area contributed by atoms with Crippen LogP contribution in [-0.4, -0.2) is 21.0 Å². The Morgan fingerprint density at radius 2 is 1.05 bits per heavy atom. The number of carboxylic acids is 1. The van der Waals surface area contributed by atoms with Crippen LogP contribution in [0.2, 0.25) is 0 Å². The second-order valence-electron chi connectivity index (χ2n) is 10.2. The summed E-state index contributed by atoms with van der Waals surface area (Å²) in [5.41, 5.74) is 6.00. The van der Waals surface area contributed by atoms with Gasteiger partial charge in [0, 0.05) is 24.4 Å². The van der Waals surface area contributed by atoms with Crippen molar-refractivity contribution in [1.82, 2.24) is 9.97 Å². The van der Waals surface area contributed by atoms with Crippen molar-refractivity contribution in [3.05, 3.63) is 72.1 Å². The first-order valence-electron chi connectivity index (χ1n) is 14.4. The number of aliphatic carboxylic acids is 1. The Balaban J connectivity index is 1.40. The van der Waals surface area contributed by atoms with Crippen molar-refractivity contribution >= 4 is 5.97 Å². The predicted octanol–water partition coefficient (Wildman–Crippen LogP) is 9.07. The molecule has 0 radical (unpaired) electrons. The number of carboxylic acid groups (broad SMARTS) is 1. The number of rotatable bonds is 18. The number of hydrogen-bond donors (Lipinski definition) is 1. The molecule has 0 atom stereocenters. The van der Waals surface area contributed by atoms with Crippen LogP contribution in [0.1, 0.15) is 102 Å². The van der Waals surface area contributed by atoms with Crippen LogP contribution in [0, 0.1) is 0 Å². The van der Waals surface area contributed by atoms with Gasteiger partial charge in [0.2, 0.25) is 0 Å². The summed E-state index contributed by atoms with van der Waals surface area (Å²) < 4.78 is 0. The maximum absolute atomic E-state index is 10.6. The fourth-order valence-electron chi connectivity index (χ4n) is 4.73. The molecule has 2 aromatic carbocycles. The number of nitrogens with zero attached hydrogens (tertiary/aromatic N) is 2. The van der Waals surface area contributed by atoms with E-state index in [-0.39, 0.29) is 6.42 Å². The van der Waals surface area contributed by atoms with Gasteiger partial charge in [-0.3, -0.25) is 4.79 Å². The van der Waals surface area contributed by atoms with Gasteiger partial charge in [-0.25, -0.2) is 9.97 Å². The lowest BCUT2D eigenvalue weighted by Gasteiger charge is -2.07. The lowest BCUT2D eigenvalue weighted by molar-refractivity contribution is -0.137. The molecule has 0 aliphatic rings. The first-order chi connectivity index (χ1) is 18.2. The summed E-state index contributed by atoms with van der Waals surface area (Å²) in [5.74, 6) is 0.0864. The number of carbonyl (C=O) groups is 1. The van der Waals surface area contributed by atoms with Crippen LogP contribution >= 0.6 is 0 Å². The molecule has 0 bridgehead atoms. The van der Waals surface area contributed by atoms with E-state index in [2.05, 4.69) is 65.4 Å². The quantitative estimate of drug-likeness (QED) is 0.177. The molecule has 0 unspecified atom stereocenters. The summed E-state index contributed by atoms with van der Waals surface area (Å²) in [6, 6.07) is 17.3. The van der Waals surface area contributed by atoms with E-state index in [9.17, 15) is 4.79 Å². The van der Waals surface area contributed by atoms with Gasteiger partial charge in [0.25, 0.3) is 0 Å². The summed E-state index contributed by atoms with van der Waals surface area (Å²) in [6.07, 6.45) is 21.0. The van der Waals surface area contributed by atoms with Gasteiger partial charge in [0.15, 0.2) is 5.82 Å². The molecule has 0 amide bonds. The molecular weight excluding hydrogens is 456 g/mol. The van der Waals surface area contributed by atoms with E-state index in [4.69, 9.17) is 5.11 Å². The van der Waals surface area contributed by atoms with Gasteiger partial charge < -0.3 is 5.11 Å². The lowest BCUT2D eigenvalue weighted by atomic mass is 10.00. The second-order valence-corrected chi connectivity index (χ2v) is 10.2. The van der Waals surface area contributed by atoms with Crippen LogP contribution in [0.25, 0.3) is 22.5 Å². The van der Waals surface area contributed by atoms with Crippen LogP contribution in [0.5, 0.6) is 0 Å². The van der Waals surface area contributed by atoms with E-state index in [1.165, 1.54) is 73.6 Å². The average molecular weight is 501 g/mol. The fourth-order valence-corrected chi connectivity index (χ4v) is 4.73. The molecule has 37 heavy (non-hydrogen) atoms. The minimum atomic E-state index is -0.696. The monoisotopic (exact) mass is 500 g/mol. The van der Waals surface area contributed by atoms with Gasteiger partial charge in [0.05, 0.1) is 0 Å². The average Bonchev–Trinajstić information content (AvgIpc) is 2.93. The molecule has 1 aromatic heterocycles. The Morgan fingerprint density at radius 3 is 1.62 bits per heavy atom. The highest BCUT2D eigenvalue weighted by Gasteiger charge is 2.05. The zero-order valence-electron chi connectivity index (χ0n) is 22.6. The first kappa shape index (κ1) is 28.6. The van der Waals surface area contributed by atoms with Crippen molar-refractivity contribution in [2.45, 2.75) is 103 Å². The second kappa shape index (κ2) is 16.7. The molecule has 0 spiro atoms. The van der Waals surface area contributed by atoms with Gasteiger partial charge in [-0.2, -0.15) is 0 Å². The van der Waals surface area contributed by atoms with Crippen molar-refractivity contribution in [1.29, 1.82) is 0 Å². The zero-order chi connectivity index (χ0) is 26.1. The molecule has 0 fully saturated rings. The fraction of sp³-hybridized carbons (Fsp3) is 0.485. The van der Waals surface area contributed by atoms with E-state index in [1.807, 2.05) is 12.4 Å². The molecule has 1 N–H and O–H groups in total. The van der Waals surface area contributed by atoms with Crippen molar-refractivity contribution in [2.75, 3.05) is 0 Å². The number of aryl methyl sites for hydroxylation is 2. The van der Waals surface area contributed by atoms with E-state index >= 15 is 0 Å². The topological polar surface area (TPSA) is 63.1 Å². The molecule has 3 rings (SSSR count). The summed E-state index contributed by atoms with van der Waals surface area (Å²) >= 11 is 0. The summed E-state index contributed by atoms with van der Waals surface area (Å²) in [4.78, 5) is 19.8. The maximum Gasteiger partial charge on any atom is 0.303 e. The Kier molecular flexibility index (Phi) is 12.9. The highest BCUT2D eigenvalue weighted by molar-refractivity contribution is 5.68. The Hall–Kier alpha value is -3.01. The molecule has 1 heterocycles. The maximum atomic E-state index is 10.6. The number of unbranched alkanes of at least 4 members (excludes halogenated alkanes) is 10.